The molecule has 0 saturated heterocycles. The van der Waals surface area contributed by atoms with Gasteiger partial charge in [0.05, 0.1) is 10.5 Å². The Balaban J connectivity index is 2.23. The molecule has 0 aliphatic rings. The first-order valence-corrected chi connectivity index (χ1v) is 7.18. The molecular weight excluding hydrogens is 328 g/mol. The van der Waals surface area contributed by atoms with Crippen LogP contribution in [-0.4, -0.2) is 15.6 Å². The fourth-order valence-corrected chi connectivity index (χ4v) is 3.02. The summed E-state index contributed by atoms with van der Waals surface area (Å²) in [5.74, 6) is -1.63. The summed E-state index contributed by atoms with van der Waals surface area (Å²) in [5, 5.41) is 10.4. The number of hydrogen-bond donors (Lipinski definition) is 1. The smallest absolute Gasteiger partial charge is 0.354 e. The Hall–Kier alpha value is -2.04. The number of carboxylic acids is 1. The van der Waals surface area contributed by atoms with Gasteiger partial charge in [-0.25, -0.2) is 9.18 Å². The lowest BCUT2D eigenvalue weighted by molar-refractivity contribution is 0.0686. The van der Waals surface area contributed by atoms with Gasteiger partial charge in [0.15, 0.2) is 0 Å². The van der Waals surface area contributed by atoms with E-state index in [2.05, 4.69) is 0 Å². The van der Waals surface area contributed by atoms with Crippen LogP contribution in [0.25, 0.3) is 10.9 Å². The lowest BCUT2D eigenvalue weighted by Gasteiger charge is -2.09. The maximum atomic E-state index is 13.4. The van der Waals surface area contributed by atoms with E-state index in [-0.39, 0.29) is 17.3 Å². The molecule has 0 atom stereocenters. The van der Waals surface area contributed by atoms with Crippen molar-refractivity contribution >= 4 is 40.1 Å². The molecule has 1 aromatic heterocycles. The number of carbonyl (C=O) groups is 1. The highest BCUT2D eigenvalue weighted by molar-refractivity contribution is 6.38. The van der Waals surface area contributed by atoms with Crippen LogP contribution in [0, 0.1) is 5.82 Å². The maximum Gasteiger partial charge on any atom is 0.354 e. The molecule has 0 amide bonds. The van der Waals surface area contributed by atoms with Gasteiger partial charge in [-0.3, -0.25) is 0 Å². The molecule has 0 fully saturated rings. The van der Waals surface area contributed by atoms with Crippen LogP contribution < -0.4 is 0 Å². The molecule has 3 nitrogen and oxygen atoms in total. The fourth-order valence-electron chi connectivity index (χ4n) is 2.48. The highest BCUT2D eigenvalue weighted by Crippen LogP contribution is 2.32. The van der Waals surface area contributed by atoms with E-state index in [9.17, 15) is 14.3 Å². The Bertz CT molecular complexity index is 889. The highest BCUT2D eigenvalue weighted by atomic mass is 35.5. The third kappa shape index (κ3) is 2.56. The molecule has 3 aromatic rings. The number of aromatic carboxylic acids is 1. The minimum absolute atomic E-state index is 0.0315. The lowest BCUT2D eigenvalue weighted by atomic mass is 10.2. The van der Waals surface area contributed by atoms with Crippen LogP contribution in [-0.2, 0) is 6.54 Å². The number of nitrogens with zero attached hydrogens (tertiary/aromatic N) is 1. The first-order chi connectivity index (χ1) is 10.5. The fraction of sp³-hybridized carbons (Fsp3) is 0.0625. The molecule has 1 heterocycles. The predicted octanol–water partition coefficient (Wildman–Crippen LogP) is 4.83. The van der Waals surface area contributed by atoms with Gasteiger partial charge in [0.2, 0.25) is 0 Å². The van der Waals surface area contributed by atoms with E-state index in [1.165, 1.54) is 18.2 Å². The molecule has 112 valence electrons. The average Bonchev–Trinajstić information content (AvgIpc) is 2.71. The molecule has 0 aliphatic carbocycles. The summed E-state index contributed by atoms with van der Waals surface area (Å²) in [5.41, 5.74) is 1.32. The Labute approximate surface area is 135 Å². The molecule has 2 aromatic carbocycles. The van der Waals surface area contributed by atoms with Crippen molar-refractivity contribution in [3.63, 3.8) is 0 Å². The van der Waals surface area contributed by atoms with Gasteiger partial charge in [0.25, 0.3) is 0 Å². The van der Waals surface area contributed by atoms with Gasteiger partial charge in [-0.05, 0) is 35.9 Å². The molecule has 6 heteroatoms. The van der Waals surface area contributed by atoms with E-state index in [4.69, 9.17) is 23.2 Å². The second-order valence-corrected chi connectivity index (χ2v) is 5.66. The van der Waals surface area contributed by atoms with E-state index in [1.807, 2.05) is 6.07 Å². The Morgan fingerprint density at radius 3 is 2.64 bits per heavy atom. The normalized spacial score (nSPS) is 11.0. The Morgan fingerprint density at radius 1 is 1.18 bits per heavy atom. The Morgan fingerprint density at radius 2 is 1.95 bits per heavy atom. The molecule has 0 bridgehead atoms. The van der Waals surface area contributed by atoms with Crippen LogP contribution in [0.5, 0.6) is 0 Å². The third-order valence-corrected chi connectivity index (χ3v) is 4.01. The number of hydrogen-bond acceptors (Lipinski definition) is 1. The van der Waals surface area contributed by atoms with Crippen LogP contribution in [0.15, 0.2) is 42.5 Å². The summed E-state index contributed by atoms with van der Waals surface area (Å²) in [6.07, 6.45) is 0. The number of halogens is 3. The van der Waals surface area contributed by atoms with Crippen molar-refractivity contribution in [1.29, 1.82) is 0 Å². The van der Waals surface area contributed by atoms with Gasteiger partial charge in [-0.1, -0.05) is 35.3 Å². The summed E-state index contributed by atoms with van der Waals surface area (Å²) < 4.78 is 15.0. The average molecular weight is 338 g/mol. The highest BCUT2D eigenvalue weighted by Gasteiger charge is 2.21. The van der Waals surface area contributed by atoms with Gasteiger partial charge >= 0.3 is 5.97 Å². The molecular formula is C16H10Cl2FNO2. The third-order valence-electron chi connectivity index (χ3n) is 3.40. The molecule has 0 radical (unpaired) electrons. The molecule has 3 rings (SSSR count). The topological polar surface area (TPSA) is 42.2 Å². The quantitative estimate of drug-likeness (QED) is 0.743. The van der Waals surface area contributed by atoms with Gasteiger partial charge in [-0.2, -0.15) is 0 Å². The van der Waals surface area contributed by atoms with Crippen LogP contribution in [0.4, 0.5) is 4.39 Å². The second kappa shape index (κ2) is 5.63. The summed E-state index contributed by atoms with van der Waals surface area (Å²) in [6, 6.07) is 11.1. The summed E-state index contributed by atoms with van der Waals surface area (Å²) >= 11 is 12.1. The van der Waals surface area contributed by atoms with Crippen molar-refractivity contribution in [2.45, 2.75) is 6.54 Å². The largest absolute Gasteiger partial charge is 0.477 e. The van der Waals surface area contributed by atoms with Gasteiger partial charge in [-0.15, -0.1) is 0 Å². The van der Waals surface area contributed by atoms with E-state index in [0.717, 1.165) is 5.56 Å². The number of fused-ring (bicyclic) bond motifs is 1. The van der Waals surface area contributed by atoms with Crippen molar-refractivity contribution in [2.24, 2.45) is 0 Å². The molecule has 0 spiro atoms. The summed E-state index contributed by atoms with van der Waals surface area (Å²) in [4.78, 5) is 11.5. The van der Waals surface area contributed by atoms with E-state index in [0.29, 0.717) is 15.9 Å². The number of rotatable bonds is 3. The van der Waals surface area contributed by atoms with Crippen LogP contribution >= 0.6 is 23.2 Å². The number of benzene rings is 2. The zero-order valence-corrected chi connectivity index (χ0v) is 12.7. The van der Waals surface area contributed by atoms with Gasteiger partial charge < -0.3 is 9.67 Å². The zero-order chi connectivity index (χ0) is 15.9. The van der Waals surface area contributed by atoms with Crippen LogP contribution in [0.1, 0.15) is 16.1 Å². The van der Waals surface area contributed by atoms with Crippen LogP contribution in [0.3, 0.4) is 0 Å². The van der Waals surface area contributed by atoms with E-state index >= 15 is 0 Å². The molecule has 0 aliphatic heterocycles. The minimum Gasteiger partial charge on any atom is -0.477 e. The number of carboxylic acid groups (broad SMARTS) is 1. The Kier molecular flexibility index (Phi) is 3.81. The second-order valence-electron chi connectivity index (χ2n) is 4.85. The number of aromatic nitrogens is 1. The summed E-state index contributed by atoms with van der Waals surface area (Å²) in [6.45, 7) is 0.275. The monoisotopic (exact) mass is 337 g/mol. The first kappa shape index (κ1) is 14.9. The van der Waals surface area contributed by atoms with Crippen LogP contribution in [0.2, 0.25) is 10.0 Å². The lowest BCUT2D eigenvalue weighted by Crippen LogP contribution is -2.09. The SMILES string of the molecule is O=C(O)c1c(Cl)c2cc(F)ccc2n1Cc1cccc(Cl)c1. The van der Waals surface area contributed by atoms with Crippen molar-refractivity contribution in [3.8, 4) is 0 Å². The van der Waals surface area contributed by atoms with Crippen molar-refractivity contribution < 1.29 is 14.3 Å². The van der Waals surface area contributed by atoms with Crippen molar-refractivity contribution in [3.05, 3.63) is 69.6 Å². The minimum atomic E-state index is -1.16. The standard InChI is InChI=1S/C16H10Cl2FNO2/c17-10-3-1-2-9(6-10)8-20-13-5-4-11(19)7-12(13)14(18)15(20)16(21)22/h1-7H,8H2,(H,21,22). The molecule has 0 saturated carbocycles. The predicted molar refractivity (Wildman–Crippen MR) is 84.4 cm³/mol. The summed E-state index contributed by atoms with van der Waals surface area (Å²) in [7, 11) is 0. The zero-order valence-electron chi connectivity index (χ0n) is 11.2. The first-order valence-electron chi connectivity index (χ1n) is 6.42. The van der Waals surface area contributed by atoms with Crippen molar-refractivity contribution in [2.75, 3.05) is 0 Å². The van der Waals surface area contributed by atoms with E-state index in [1.54, 1.807) is 22.8 Å². The molecule has 22 heavy (non-hydrogen) atoms. The molecule has 0 unspecified atom stereocenters. The molecule has 1 N–H and O–H groups in total. The van der Waals surface area contributed by atoms with Gasteiger partial charge in [0, 0.05) is 17.0 Å². The van der Waals surface area contributed by atoms with E-state index < -0.39 is 11.8 Å². The maximum absolute atomic E-state index is 13.4. The van der Waals surface area contributed by atoms with Gasteiger partial charge in [0.1, 0.15) is 11.5 Å². The van der Waals surface area contributed by atoms with Crippen molar-refractivity contribution in [1.82, 2.24) is 4.57 Å².